The molecule has 1 unspecified atom stereocenters. The van der Waals surface area contributed by atoms with Crippen LogP contribution in [0, 0.1) is 11.6 Å². The highest BCUT2D eigenvalue weighted by Gasteiger charge is 2.28. The quantitative estimate of drug-likeness (QED) is 0.830. The first kappa shape index (κ1) is 14.8. The highest BCUT2D eigenvalue weighted by Crippen LogP contribution is 2.20. The predicted molar refractivity (Wildman–Crippen MR) is 55.0 cm³/mol. The Kier molecular flexibility index (Phi) is 5.03. The third-order valence-electron chi connectivity index (χ3n) is 2.23. The highest BCUT2D eigenvalue weighted by molar-refractivity contribution is 5.22. The molecule has 0 fully saturated rings. The number of likely N-dealkylation sites (N-methyl/N-ethyl adjacent to an activating group) is 1. The van der Waals surface area contributed by atoms with Gasteiger partial charge in [0.1, 0.15) is 18.2 Å². The summed E-state index contributed by atoms with van der Waals surface area (Å²) in [7, 11) is 1.42. The fourth-order valence-corrected chi connectivity index (χ4v) is 1.40. The van der Waals surface area contributed by atoms with Crippen molar-refractivity contribution in [1.29, 1.82) is 0 Å². The first-order valence-corrected chi connectivity index (χ1v) is 5.10. The number of hydrogen-bond acceptors (Lipinski definition) is 2. The van der Waals surface area contributed by atoms with E-state index in [4.69, 9.17) is 0 Å². The summed E-state index contributed by atoms with van der Waals surface area (Å²) in [4.78, 5) is 0. The van der Waals surface area contributed by atoms with Crippen molar-refractivity contribution in [2.45, 2.75) is 12.2 Å². The van der Waals surface area contributed by atoms with Crippen LogP contribution in [0.15, 0.2) is 18.2 Å². The molecule has 102 valence electrons. The topological polar surface area (TPSA) is 21.3 Å². The Morgan fingerprint density at radius 2 is 1.94 bits per heavy atom. The SMILES string of the molecule is CNC(COCC(F)(F)F)c1cc(F)ccc1F. The molecule has 1 aromatic rings. The first-order chi connectivity index (χ1) is 8.33. The van der Waals surface area contributed by atoms with Gasteiger partial charge in [0.25, 0.3) is 0 Å². The van der Waals surface area contributed by atoms with Crippen LogP contribution in [0.2, 0.25) is 0 Å². The van der Waals surface area contributed by atoms with E-state index in [2.05, 4.69) is 10.1 Å². The number of ether oxygens (including phenoxy) is 1. The van der Waals surface area contributed by atoms with Gasteiger partial charge in [-0.2, -0.15) is 13.2 Å². The summed E-state index contributed by atoms with van der Waals surface area (Å²) in [6, 6.07) is 1.93. The van der Waals surface area contributed by atoms with Gasteiger partial charge < -0.3 is 10.1 Å². The molecule has 1 N–H and O–H groups in total. The number of nitrogens with one attached hydrogen (secondary N) is 1. The zero-order valence-corrected chi connectivity index (χ0v) is 9.52. The van der Waals surface area contributed by atoms with E-state index in [9.17, 15) is 22.0 Å². The van der Waals surface area contributed by atoms with Crippen LogP contribution >= 0.6 is 0 Å². The Balaban J connectivity index is 2.68. The predicted octanol–water partition coefficient (Wildman–Crippen LogP) is 2.80. The molecule has 0 amide bonds. The maximum Gasteiger partial charge on any atom is 0.411 e. The van der Waals surface area contributed by atoms with Gasteiger partial charge in [-0.05, 0) is 25.2 Å². The van der Waals surface area contributed by atoms with Gasteiger partial charge in [-0.25, -0.2) is 8.78 Å². The fourth-order valence-electron chi connectivity index (χ4n) is 1.40. The van der Waals surface area contributed by atoms with Crippen LogP contribution in [0.3, 0.4) is 0 Å². The molecule has 1 aromatic carbocycles. The number of benzene rings is 1. The molecule has 18 heavy (non-hydrogen) atoms. The van der Waals surface area contributed by atoms with Crippen molar-refractivity contribution in [1.82, 2.24) is 5.32 Å². The summed E-state index contributed by atoms with van der Waals surface area (Å²) in [5.41, 5.74) is -0.0697. The van der Waals surface area contributed by atoms with E-state index in [1.54, 1.807) is 0 Å². The molecular weight excluding hydrogens is 257 g/mol. The molecule has 0 bridgehead atoms. The second-order valence-corrected chi connectivity index (χ2v) is 3.64. The van der Waals surface area contributed by atoms with Crippen LogP contribution in [0.1, 0.15) is 11.6 Å². The van der Waals surface area contributed by atoms with Gasteiger partial charge in [-0.1, -0.05) is 0 Å². The molecule has 2 nitrogen and oxygen atoms in total. The van der Waals surface area contributed by atoms with Gasteiger partial charge in [0.15, 0.2) is 0 Å². The number of hydrogen-bond donors (Lipinski definition) is 1. The maximum atomic E-state index is 13.4. The molecule has 0 spiro atoms. The van der Waals surface area contributed by atoms with Gasteiger partial charge in [0.05, 0.1) is 12.6 Å². The Labute approximate surface area is 101 Å². The lowest BCUT2D eigenvalue weighted by atomic mass is 10.1. The van der Waals surface area contributed by atoms with Crippen LogP contribution in [-0.4, -0.2) is 26.4 Å². The van der Waals surface area contributed by atoms with Gasteiger partial charge in [0, 0.05) is 5.56 Å². The molecule has 1 rings (SSSR count). The number of rotatable bonds is 5. The normalized spacial score (nSPS) is 13.7. The number of halogens is 5. The van der Waals surface area contributed by atoms with Crippen LogP contribution in [0.25, 0.3) is 0 Å². The lowest BCUT2D eigenvalue weighted by Crippen LogP contribution is -2.26. The van der Waals surface area contributed by atoms with Gasteiger partial charge in [-0.3, -0.25) is 0 Å². The summed E-state index contributed by atoms with van der Waals surface area (Å²) in [5.74, 6) is -1.37. The van der Waals surface area contributed by atoms with Crippen LogP contribution in [0.4, 0.5) is 22.0 Å². The minimum Gasteiger partial charge on any atom is -0.370 e. The van der Waals surface area contributed by atoms with Crippen molar-refractivity contribution in [2.24, 2.45) is 0 Å². The summed E-state index contributed by atoms with van der Waals surface area (Å²) in [5, 5.41) is 2.57. The molecule has 0 aliphatic heterocycles. The average molecular weight is 269 g/mol. The van der Waals surface area contributed by atoms with E-state index >= 15 is 0 Å². The van der Waals surface area contributed by atoms with Crippen molar-refractivity contribution in [2.75, 3.05) is 20.3 Å². The maximum absolute atomic E-state index is 13.4. The molecule has 0 heterocycles. The van der Waals surface area contributed by atoms with E-state index in [0.717, 1.165) is 18.2 Å². The van der Waals surface area contributed by atoms with E-state index in [1.165, 1.54) is 7.05 Å². The lowest BCUT2D eigenvalue weighted by Gasteiger charge is -2.18. The molecule has 0 saturated carbocycles. The molecule has 0 radical (unpaired) electrons. The average Bonchev–Trinajstić information content (AvgIpc) is 2.27. The van der Waals surface area contributed by atoms with Crippen LogP contribution in [-0.2, 0) is 4.74 Å². The molecule has 0 aliphatic rings. The van der Waals surface area contributed by atoms with Crippen molar-refractivity contribution >= 4 is 0 Å². The standard InChI is InChI=1S/C11H12F5NO/c1-17-10(5-18-6-11(14,15)16)8-4-7(12)2-3-9(8)13/h2-4,10,17H,5-6H2,1H3. The Morgan fingerprint density at radius 3 is 2.50 bits per heavy atom. The second-order valence-electron chi connectivity index (χ2n) is 3.64. The third-order valence-corrected chi connectivity index (χ3v) is 2.23. The van der Waals surface area contributed by atoms with Gasteiger partial charge in [-0.15, -0.1) is 0 Å². The molecule has 7 heteroatoms. The monoisotopic (exact) mass is 269 g/mol. The third kappa shape index (κ3) is 4.58. The van der Waals surface area contributed by atoms with Crippen molar-refractivity contribution in [3.05, 3.63) is 35.4 Å². The number of alkyl halides is 3. The van der Waals surface area contributed by atoms with E-state index < -0.39 is 37.1 Å². The first-order valence-electron chi connectivity index (χ1n) is 5.10. The summed E-state index contributed by atoms with van der Waals surface area (Å²) in [6.07, 6.45) is -4.45. The minimum absolute atomic E-state index is 0.0697. The van der Waals surface area contributed by atoms with E-state index in [0.29, 0.717) is 0 Å². The molecule has 0 saturated heterocycles. The summed E-state index contributed by atoms with van der Waals surface area (Å²) >= 11 is 0. The highest BCUT2D eigenvalue weighted by atomic mass is 19.4. The molecule has 0 aliphatic carbocycles. The molecule has 1 atom stereocenters. The van der Waals surface area contributed by atoms with E-state index in [-0.39, 0.29) is 5.56 Å². The largest absolute Gasteiger partial charge is 0.411 e. The summed E-state index contributed by atoms with van der Waals surface area (Å²) < 4.78 is 66.4. The van der Waals surface area contributed by atoms with Crippen molar-refractivity contribution < 1.29 is 26.7 Å². The Hall–Kier alpha value is -1.21. The van der Waals surface area contributed by atoms with Gasteiger partial charge in [0.2, 0.25) is 0 Å². The lowest BCUT2D eigenvalue weighted by molar-refractivity contribution is -0.175. The van der Waals surface area contributed by atoms with Crippen LogP contribution < -0.4 is 5.32 Å². The second kappa shape index (κ2) is 6.10. The fraction of sp³-hybridized carbons (Fsp3) is 0.455. The zero-order valence-electron chi connectivity index (χ0n) is 9.52. The minimum atomic E-state index is -4.45. The van der Waals surface area contributed by atoms with E-state index in [1.807, 2.05) is 0 Å². The Bertz CT molecular complexity index is 394. The smallest absolute Gasteiger partial charge is 0.370 e. The molecular formula is C11H12F5NO. The van der Waals surface area contributed by atoms with Gasteiger partial charge >= 0.3 is 6.18 Å². The molecule has 0 aromatic heterocycles. The Morgan fingerprint density at radius 1 is 1.28 bits per heavy atom. The van der Waals surface area contributed by atoms with Crippen molar-refractivity contribution in [3.8, 4) is 0 Å². The van der Waals surface area contributed by atoms with Crippen LogP contribution in [0.5, 0.6) is 0 Å². The zero-order chi connectivity index (χ0) is 13.8. The van der Waals surface area contributed by atoms with Crippen molar-refractivity contribution in [3.63, 3.8) is 0 Å². The summed E-state index contributed by atoms with van der Waals surface area (Å²) in [6.45, 7) is -1.83.